The standard InChI is InChI=1S/C17H21N3O2S2/c1-4-5-15(21)19-13-6-8-14(9-7-13)24-12(3)16(22)20-17-18-11(2)10-23-17/h6-10,12H,4-5H2,1-3H3,(H,19,21)(H,18,20,22). The van der Waals surface area contributed by atoms with Gasteiger partial charge in [0.1, 0.15) is 0 Å². The van der Waals surface area contributed by atoms with E-state index >= 15 is 0 Å². The van der Waals surface area contributed by atoms with Gasteiger partial charge in [0.15, 0.2) is 5.13 Å². The van der Waals surface area contributed by atoms with E-state index in [0.717, 1.165) is 22.7 Å². The molecular weight excluding hydrogens is 342 g/mol. The average molecular weight is 364 g/mol. The molecule has 0 saturated heterocycles. The number of aromatic nitrogens is 1. The number of hydrogen-bond donors (Lipinski definition) is 2. The number of thioether (sulfide) groups is 1. The number of nitrogens with zero attached hydrogens (tertiary/aromatic N) is 1. The third-order valence-electron chi connectivity index (χ3n) is 3.15. The molecule has 1 atom stereocenters. The fourth-order valence-electron chi connectivity index (χ4n) is 1.94. The predicted octanol–water partition coefficient (Wildman–Crippen LogP) is 4.31. The van der Waals surface area contributed by atoms with Gasteiger partial charge >= 0.3 is 0 Å². The lowest BCUT2D eigenvalue weighted by molar-refractivity contribution is -0.116. The van der Waals surface area contributed by atoms with Crippen LogP contribution in [0.1, 0.15) is 32.4 Å². The van der Waals surface area contributed by atoms with Gasteiger partial charge in [0.05, 0.1) is 10.9 Å². The summed E-state index contributed by atoms with van der Waals surface area (Å²) < 4.78 is 0. The summed E-state index contributed by atoms with van der Waals surface area (Å²) in [4.78, 5) is 29.0. The van der Waals surface area contributed by atoms with Crippen LogP contribution in [0, 0.1) is 6.92 Å². The Kier molecular flexibility index (Phi) is 6.81. The molecule has 2 aromatic rings. The molecule has 1 aromatic carbocycles. The molecule has 1 aromatic heterocycles. The van der Waals surface area contributed by atoms with Gasteiger partial charge in [-0.1, -0.05) is 6.92 Å². The molecule has 1 unspecified atom stereocenters. The van der Waals surface area contributed by atoms with Crippen LogP contribution in [-0.2, 0) is 9.59 Å². The van der Waals surface area contributed by atoms with E-state index in [1.54, 1.807) is 0 Å². The number of rotatable bonds is 7. The Bertz CT molecular complexity index is 698. The summed E-state index contributed by atoms with van der Waals surface area (Å²) in [5.41, 5.74) is 1.67. The van der Waals surface area contributed by atoms with E-state index < -0.39 is 0 Å². The zero-order valence-corrected chi connectivity index (χ0v) is 15.6. The van der Waals surface area contributed by atoms with Crippen molar-refractivity contribution in [1.29, 1.82) is 0 Å². The van der Waals surface area contributed by atoms with Crippen LogP contribution >= 0.6 is 23.1 Å². The molecule has 0 aliphatic heterocycles. The number of thiazole rings is 1. The van der Waals surface area contributed by atoms with Crippen molar-refractivity contribution in [2.75, 3.05) is 10.6 Å². The molecule has 0 fully saturated rings. The quantitative estimate of drug-likeness (QED) is 0.719. The highest BCUT2D eigenvalue weighted by Crippen LogP contribution is 2.26. The van der Waals surface area contributed by atoms with Crippen molar-refractivity contribution in [2.24, 2.45) is 0 Å². The molecule has 2 amide bonds. The Balaban J connectivity index is 1.88. The van der Waals surface area contributed by atoms with E-state index in [1.807, 2.05) is 50.4 Å². The normalized spacial score (nSPS) is 11.8. The third-order valence-corrected chi connectivity index (χ3v) is 5.13. The summed E-state index contributed by atoms with van der Waals surface area (Å²) in [5.74, 6) is -0.0564. The maximum absolute atomic E-state index is 12.2. The van der Waals surface area contributed by atoms with Crippen LogP contribution in [0.4, 0.5) is 10.8 Å². The maximum atomic E-state index is 12.2. The van der Waals surface area contributed by atoms with Crippen molar-refractivity contribution in [3.05, 3.63) is 35.3 Å². The van der Waals surface area contributed by atoms with Crippen LogP contribution in [0.2, 0.25) is 0 Å². The SMILES string of the molecule is CCCC(=O)Nc1ccc(SC(C)C(=O)Nc2nc(C)cs2)cc1. The second kappa shape index (κ2) is 8.84. The van der Waals surface area contributed by atoms with Crippen molar-refractivity contribution in [3.63, 3.8) is 0 Å². The van der Waals surface area contributed by atoms with Gasteiger partial charge in [-0.05, 0) is 44.5 Å². The third kappa shape index (κ3) is 5.65. The lowest BCUT2D eigenvalue weighted by Gasteiger charge is -2.11. The van der Waals surface area contributed by atoms with Crippen molar-refractivity contribution in [2.45, 2.75) is 43.8 Å². The van der Waals surface area contributed by atoms with Crippen molar-refractivity contribution in [1.82, 2.24) is 4.98 Å². The molecule has 0 bridgehead atoms. The minimum Gasteiger partial charge on any atom is -0.326 e. The van der Waals surface area contributed by atoms with Crippen molar-refractivity contribution in [3.8, 4) is 0 Å². The first-order valence-corrected chi connectivity index (χ1v) is 9.53. The van der Waals surface area contributed by atoms with Crippen LogP contribution in [0.5, 0.6) is 0 Å². The number of aryl methyl sites for hydroxylation is 1. The summed E-state index contributed by atoms with van der Waals surface area (Å²) in [6.45, 7) is 5.72. The van der Waals surface area contributed by atoms with E-state index in [1.165, 1.54) is 23.1 Å². The molecule has 0 spiro atoms. The largest absolute Gasteiger partial charge is 0.326 e. The van der Waals surface area contributed by atoms with Gasteiger partial charge in [-0.15, -0.1) is 23.1 Å². The first-order valence-electron chi connectivity index (χ1n) is 7.77. The van der Waals surface area contributed by atoms with Gasteiger partial charge in [-0.2, -0.15) is 0 Å². The van der Waals surface area contributed by atoms with E-state index in [9.17, 15) is 9.59 Å². The van der Waals surface area contributed by atoms with E-state index in [4.69, 9.17) is 0 Å². The number of carbonyl (C=O) groups is 2. The molecule has 2 N–H and O–H groups in total. The van der Waals surface area contributed by atoms with Crippen molar-refractivity contribution >= 4 is 45.7 Å². The van der Waals surface area contributed by atoms with Crippen LogP contribution in [-0.4, -0.2) is 22.0 Å². The molecule has 0 radical (unpaired) electrons. The minimum absolute atomic E-state index is 0.0180. The molecule has 128 valence electrons. The molecule has 7 heteroatoms. The first-order chi connectivity index (χ1) is 11.5. The summed E-state index contributed by atoms with van der Waals surface area (Å²) in [7, 11) is 0. The van der Waals surface area contributed by atoms with Crippen molar-refractivity contribution < 1.29 is 9.59 Å². The monoisotopic (exact) mass is 363 g/mol. The molecule has 5 nitrogen and oxygen atoms in total. The molecule has 24 heavy (non-hydrogen) atoms. The molecule has 1 heterocycles. The van der Waals surface area contributed by atoms with E-state index in [-0.39, 0.29) is 17.1 Å². The number of amides is 2. The topological polar surface area (TPSA) is 71.1 Å². The Morgan fingerprint density at radius 2 is 1.96 bits per heavy atom. The van der Waals surface area contributed by atoms with Gasteiger partial charge in [-0.25, -0.2) is 4.98 Å². The van der Waals surface area contributed by atoms with Crippen LogP contribution in [0.3, 0.4) is 0 Å². The predicted molar refractivity (Wildman–Crippen MR) is 101 cm³/mol. The Labute approximate surface area is 150 Å². The highest BCUT2D eigenvalue weighted by molar-refractivity contribution is 8.00. The first kappa shape index (κ1) is 18.5. The summed E-state index contributed by atoms with van der Waals surface area (Å²) >= 11 is 2.89. The molecule has 0 saturated carbocycles. The molecule has 0 aliphatic carbocycles. The maximum Gasteiger partial charge on any atom is 0.239 e. The van der Waals surface area contributed by atoms with Gasteiger partial charge < -0.3 is 10.6 Å². The van der Waals surface area contributed by atoms with Gasteiger partial charge in [0.25, 0.3) is 0 Å². The lowest BCUT2D eigenvalue weighted by atomic mass is 10.3. The minimum atomic E-state index is -0.241. The zero-order valence-electron chi connectivity index (χ0n) is 14.0. The second-order valence-electron chi connectivity index (χ2n) is 5.37. The van der Waals surface area contributed by atoms with Gasteiger partial charge in [0, 0.05) is 22.4 Å². The number of hydrogen-bond acceptors (Lipinski definition) is 5. The highest BCUT2D eigenvalue weighted by Gasteiger charge is 2.16. The average Bonchev–Trinajstić information content (AvgIpc) is 2.94. The Morgan fingerprint density at radius 3 is 2.54 bits per heavy atom. The smallest absolute Gasteiger partial charge is 0.239 e. The van der Waals surface area contributed by atoms with Crippen LogP contribution < -0.4 is 10.6 Å². The molecular formula is C17H21N3O2S2. The van der Waals surface area contributed by atoms with E-state index in [0.29, 0.717) is 11.6 Å². The summed E-state index contributed by atoms with van der Waals surface area (Å²) in [6, 6.07) is 7.52. The number of nitrogens with one attached hydrogen (secondary N) is 2. The Morgan fingerprint density at radius 1 is 1.25 bits per heavy atom. The summed E-state index contributed by atoms with van der Waals surface area (Å²) in [6.07, 6.45) is 1.34. The number of benzene rings is 1. The highest BCUT2D eigenvalue weighted by atomic mass is 32.2. The number of carbonyl (C=O) groups excluding carboxylic acids is 2. The van der Waals surface area contributed by atoms with Gasteiger partial charge in [-0.3, -0.25) is 9.59 Å². The van der Waals surface area contributed by atoms with Crippen LogP contribution in [0.25, 0.3) is 0 Å². The summed E-state index contributed by atoms with van der Waals surface area (Å²) in [5, 5.41) is 7.96. The Hall–Kier alpha value is -1.86. The second-order valence-corrected chi connectivity index (χ2v) is 7.64. The van der Waals surface area contributed by atoms with Crippen LogP contribution in [0.15, 0.2) is 34.5 Å². The van der Waals surface area contributed by atoms with E-state index in [2.05, 4.69) is 15.6 Å². The zero-order chi connectivity index (χ0) is 17.5. The molecule has 0 aliphatic rings. The number of anilines is 2. The fourth-order valence-corrected chi connectivity index (χ4v) is 3.50. The van der Waals surface area contributed by atoms with Gasteiger partial charge in [0.2, 0.25) is 11.8 Å². The lowest BCUT2D eigenvalue weighted by Crippen LogP contribution is -2.22. The molecule has 2 rings (SSSR count). The fraction of sp³-hybridized carbons (Fsp3) is 0.353.